The van der Waals surface area contributed by atoms with E-state index in [0.29, 0.717) is 38.4 Å². The summed E-state index contributed by atoms with van der Waals surface area (Å²) in [6.07, 6.45) is 7.59. The van der Waals surface area contributed by atoms with E-state index in [0.717, 1.165) is 29.5 Å². The van der Waals surface area contributed by atoms with Crippen molar-refractivity contribution in [3.63, 3.8) is 0 Å². The molecule has 1 aromatic carbocycles. The highest BCUT2D eigenvalue weighted by atomic mass is 16.2. The van der Waals surface area contributed by atoms with Crippen LogP contribution in [-0.2, 0) is 16.0 Å². The highest BCUT2D eigenvalue weighted by Crippen LogP contribution is 2.37. The SMILES string of the molecule is CC(C)(C)CC(=O)N1CC[C@](Cc2ccc(-c3ccncc3)cc2)(C(=O)NC2CC2)C1. The molecule has 1 saturated carbocycles. The van der Waals surface area contributed by atoms with Crippen LogP contribution in [0.1, 0.15) is 52.0 Å². The first-order valence-corrected chi connectivity index (χ1v) is 11.3. The molecule has 1 saturated heterocycles. The highest BCUT2D eigenvalue weighted by Gasteiger charge is 2.47. The van der Waals surface area contributed by atoms with Gasteiger partial charge in [-0.2, -0.15) is 0 Å². The van der Waals surface area contributed by atoms with Crippen LogP contribution in [0.2, 0.25) is 0 Å². The Labute approximate surface area is 185 Å². The van der Waals surface area contributed by atoms with E-state index in [-0.39, 0.29) is 17.2 Å². The van der Waals surface area contributed by atoms with Crippen LogP contribution >= 0.6 is 0 Å². The van der Waals surface area contributed by atoms with Gasteiger partial charge in [0.1, 0.15) is 0 Å². The fourth-order valence-corrected chi connectivity index (χ4v) is 4.38. The Bertz CT molecular complexity index is 929. The van der Waals surface area contributed by atoms with Crippen molar-refractivity contribution in [3.05, 3.63) is 54.4 Å². The van der Waals surface area contributed by atoms with Crippen LogP contribution in [0.4, 0.5) is 0 Å². The van der Waals surface area contributed by atoms with Gasteiger partial charge in [-0.3, -0.25) is 14.6 Å². The lowest BCUT2D eigenvalue weighted by Gasteiger charge is -2.29. The summed E-state index contributed by atoms with van der Waals surface area (Å²) in [5.41, 5.74) is 2.79. The number of likely N-dealkylation sites (tertiary alicyclic amines) is 1. The van der Waals surface area contributed by atoms with Gasteiger partial charge in [-0.05, 0) is 59.9 Å². The molecule has 5 heteroatoms. The van der Waals surface area contributed by atoms with Crippen molar-refractivity contribution >= 4 is 11.8 Å². The molecule has 0 bridgehead atoms. The predicted molar refractivity (Wildman–Crippen MR) is 122 cm³/mol. The topological polar surface area (TPSA) is 62.3 Å². The average molecular weight is 420 g/mol. The third-order valence-corrected chi connectivity index (χ3v) is 6.29. The first-order valence-electron chi connectivity index (χ1n) is 11.3. The second kappa shape index (κ2) is 8.45. The number of nitrogens with one attached hydrogen (secondary N) is 1. The van der Waals surface area contributed by atoms with Crippen LogP contribution in [-0.4, -0.2) is 40.8 Å². The van der Waals surface area contributed by atoms with Crippen molar-refractivity contribution in [1.82, 2.24) is 15.2 Å². The first-order chi connectivity index (χ1) is 14.7. The van der Waals surface area contributed by atoms with Gasteiger partial charge >= 0.3 is 0 Å². The summed E-state index contributed by atoms with van der Waals surface area (Å²) < 4.78 is 0. The Hall–Kier alpha value is -2.69. The maximum absolute atomic E-state index is 13.3. The number of carbonyl (C=O) groups excluding carboxylic acids is 2. The molecular formula is C26H33N3O2. The molecule has 0 spiro atoms. The largest absolute Gasteiger partial charge is 0.353 e. The lowest BCUT2D eigenvalue weighted by atomic mass is 9.79. The number of rotatable bonds is 6. The van der Waals surface area contributed by atoms with Crippen LogP contribution in [0.15, 0.2) is 48.8 Å². The number of amides is 2. The molecule has 0 radical (unpaired) electrons. The van der Waals surface area contributed by atoms with Gasteiger partial charge in [-0.25, -0.2) is 0 Å². The molecule has 1 aliphatic carbocycles. The molecule has 4 rings (SSSR count). The second-order valence-corrected chi connectivity index (χ2v) is 10.4. The standard InChI is InChI=1S/C26H33N3O2/c1-25(2,3)17-23(30)29-15-12-26(18-29,24(31)28-22-8-9-22)16-19-4-6-20(7-5-19)21-10-13-27-14-11-21/h4-7,10-11,13-14,22H,8-9,12,15-18H2,1-3H3,(H,28,31)/t26-/m1/s1. The van der Waals surface area contributed by atoms with Gasteiger partial charge in [-0.15, -0.1) is 0 Å². The molecule has 0 unspecified atom stereocenters. The van der Waals surface area contributed by atoms with E-state index in [4.69, 9.17) is 0 Å². The van der Waals surface area contributed by atoms with E-state index in [1.807, 2.05) is 17.0 Å². The molecule has 2 heterocycles. The number of hydrogen-bond acceptors (Lipinski definition) is 3. The van der Waals surface area contributed by atoms with E-state index in [9.17, 15) is 9.59 Å². The normalized spacial score (nSPS) is 21.2. The van der Waals surface area contributed by atoms with Gasteiger partial charge in [0.05, 0.1) is 5.41 Å². The zero-order valence-electron chi connectivity index (χ0n) is 18.9. The van der Waals surface area contributed by atoms with Crippen LogP contribution < -0.4 is 5.32 Å². The Kier molecular flexibility index (Phi) is 5.87. The minimum Gasteiger partial charge on any atom is -0.353 e. The Morgan fingerprint density at radius 1 is 1.06 bits per heavy atom. The molecule has 164 valence electrons. The molecule has 1 aromatic heterocycles. The Morgan fingerprint density at radius 3 is 2.32 bits per heavy atom. The molecule has 1 aliphatic heterocycles. The molecular weight excluding hydrogens is 386 g/mol. The van der Waals surface area contributed by atoms with Crippen LogP contribution in [0.5, 0.6) is 0 Å². The molecule has 5 nitrogen and oxygen atoms in total. The number of benzene rings is 1. The van der Waals surface area contributed by atoms with Crippen molar-refractivity contribution in [2.45, 2.75) is 58.9 Å². The molecule has 2 aromatic rings. The maximum Gasteiger partial charge on any atom is 0.228 e. The summed E-state index contributed by atoms with van der Waals surface area (Å²) in [5.74, 6) is 0.265. The summed E-state index contributed by atoms with van der Waals surface area (Å²) in [5, 5.41) is 3.22. The third-order valence-electron chi connectivity index (χ3n) is 6.29. The van der Waals surface area contributed by atoms with Crippen molar-refractivity contribution in [3.8, 4) is 11.1 Å². The van der Waals surface area contributed by atoms with Crippen molar-refractivity contribution in [2.24, 2.45) is 10.8 Å². The lowest BCUT2D eigenvalue weighted by molar-refractivity contribution is -0.134. The van der Waals surface area contributed by atoms with Gasteiger partial charge < -0.3 is 10.2 Å². The molecule has 31 heavy (non-hydrogen) atoms. The zero-order valence-corrected chi connectivity index (χ0v) is 18.9. The van der Waals surface area contributed by atoms with Crippen LogP contribution in [0.3, 0.4) is 0 Å². The van der Waals surface area contributed by atoms with Crippen LogP contribution in [0, 0.1) is 10.8 Å². The molecule has 1 atom stereocenters. The minimum atomic E-state index is -0.547. The number of aromatic nitrogens is 1. The van der Waals surface area contributed by atoms with Gasteiger partial charge in [-0.1, -0.05) is 45.0 Å². The van der Waals surface area contributed by atoms with E-state index in [1.165, 1.54) is 0 Å². The number of pyridine rings is 1. The van der Waals surface area contributed by atoms with Crippen molar-refractivity contribution in [2.75, 3.05) is 13.1 Å². The predicted octanol–water partition coefficient (Wildman–Crippen LogP) is 4.22. The maximum atomic E-state index is 13.3. The lowest BCUT2D eigenvalue weighted by Crippen LogP contribution is -2.46. The third kappa shape index (κ3) is 5.33. The Balaban J connectivity index is 1.52. The molecule has 1 N–H and O–H groups in total. The minimum absolute atomic E-state index is 0.0542. The van der Waals surface area contributed by atoms with Gasteiger partial charge in [0.2, 0.25) is 11.8 Å². The monoisotopic (exact) mass is 419 g/mol. The molecule has 2 amide bonds. The van der Waals surface area contributed by atoms with Gasteiger partial charge in [0.15, 0.2) is 0 Å². The van der Waals surface area contributed by atoms with Gasteiger partial charge in [0, 0.05) is 37.9 Å². The number of nitrogens with zero attached hydrogens (tertiary/aromatic N) is 2. The summed E-state index contributed by atoms with van der Waals surface area (Å²) in [6, 6.07) is 12.7. The molecule has 2 aliphatic rings. The van der Waals surface area contributed by atoms with Gasteiger partial charge in [0.25, 0.3) is 0 Å². The van der Waals surface area contributed by atoms with Crippen molar-refractivity contribution < 1.29 is 9.59 Å². The van der Waals surface area contributed by atoms with E-state index < -0.39 is 5.41 Å². The van der Waals surface area contributed by atoms with E-state index in [1.54, 1.807) is 12.4 Å². The number of hydrogen-bond donors (Lipinski definition) is 1. The summed E-state index contributed by atoms with van der Waals surface area (Å²) in [4.78, 5) is 32.1. The number of carbonyl (C=O) groups is 2. The summed E-state index contributed by atoms with van der Waals surface area (Å²) >= 11 is 0. The quantitative estimate of drug-likeness (QED) is 0.762. The van der Waals surface area contributed by atoms with E-state index >= 15 is 0 Å². The fourth-order valence-electron chi connectivity index (χ4n) is 4.38. The zero-order chi connectivity index (χ0) is 22.1. The average Bonchev–Trinajstić information content (AvgIpc) is 3.44. The van der Waals surface area contributed by atoms with E-state index in [2.05, 4.69) is 55.3 Å². The molecule has 2 fully saturated rings. The van der Waals surface area contributed by atoms with Crippen molar-refractivity contribution in [1.29, 1.82) is 0 Å². The highest BCUT2D eigenvalue weighted by molar-refractivity contribution is 5.86. The smallest absolute Gasteiger partial charge is 0.228 e. The summed E-state index contributed by atoms with van der Waals surface area (Å²) in [6.45, 7) is 7.41. The second-order valence-electron chi connectivity index (χ2n) is 10.4. The summed E-state index contributed by atoms with van der Waals surface area (Å²) in [7, 11) is 0. The Morgan fingerprint density at radius 2 is 1.71 bits per heavy atom. The van der Waals surface area contributed by atoms with Crippen LogP contribution in [0.25, 0.3) is 11.1 Å². The fraction of sp³-hybridized carbons (Fsp3) is 0.500. The first kappa shape index (κ1) is 21.5.